The number of carbonyl (C=O) groups excluding carboxylic acids is 3. The molecular weight excluding hydrogens is 784 g/mol. The SMILES string of the molecule is C[C@H]1[C@H]([Si](C)(C)F)[C@@H](CC(=O)N(CCO)Cc2ccccc2)O[C@]12C(=O)N(Cc1ccc(N3CN(c4ccccc4)C4(CCNCC4)C3=O)cc1)c1ccc([N+](=O)[O-])cc12. The van der Waals surface area contributed by atoms with Crippen LogP contribution in [0.25, 0.3) is 0 Å². The van der Waals surface area contributed by atoms with Gasteiger partial charge in [-0.15, -0.1) is 0 Å². The van der Waals surface area contributed by atoms with Gasteiger partial charge >= 0.3 is 0 Å². The lowest BCUT2D eigenvalue weighted by molar-refractivity contribution is -0.385. The normalized spacial score (nSPS) is 23.5. The van der Waals surface area contributed by atoms with E-state index in [1.807, 2.05) is 89.8 Å². The van der Waals surface area contributed by atoms with Crippen LogP contribution in [0.1, 0.15) is 42.9 Å². The number of carbonyl (C=O) groups is 3. The minimum atomic E-state index is -3.68. The summed E-state index contributed by atoms with van der Waals surface area (Å²) in [5.74, 6) is -1.58. The number of nitro benzene ring substituents is 1. The molecule has 3 fully saturated rings. The van der Waals surface area contributed by atoms with Gasteiger partial charge in [0.05, 0.1) is 43.0 Å². The van der Waals surface area contributed by atoms with Crippen molar-refractivity contribution in [2.24, 2.45) is 5.92 Å². The topological polar surface area (TPSA) is 149 Å². The number of rotatable bonds is 12. The molecule has 3 amide bonds. The van der Waals surface area contributed by atoms with Gasteiger partial charge in [0.15, 0.2) is 5.60 Å². The first-order chi connectivity index (χ1) is 28.8. The summed E-state index contributed by atoms with van der Waals surface area (Å²) in [6.45, 7) is 6.76. The molecule has 8 rings (SSSR count). The number of halogens is 1. The number of nitrogens with zero attached hydrogens (tertiary/aromatic N) is 5. The van der Waals surface area contributed by atoms with Crippen molar-refractivity contribution in [3.63, 3.8) is 0 Å². The summed E-state index contributed by atoms with van der Waals surface area (Å²) in [7, 11) is -3.68. The number of ether oxygens (including phenoxy) is 1. The Morgan fingerprint density at radius 1 is 0.950 bits per heavy atom. The molecule has 0 aliphatic carbocycles. The van der Waals surface area contributed by atoms with Gasteiger partial charge in [-0.25, -0.2) is 0 Å². The maximum absolute atomic E-state index is 16.6. The van der Waals surface area contributed by atoms with Crippen molar-refractivity contribution in [3.05, 3.63) is 130 Å². The van der Waals surface area contributed by atoms with Crippen LogP contribution in [0.2, 0.25) is 18.6 Å². The second-order valence-corrected chi connectivity index (χ2v) is 20.7. The second-order valence-electron chi connectivity index (χ2n) is 16.9. The molecule has 13 nitrogen and oxygen atoms in total. The van der Waals surface area contributed by atoms with E-state index >= 15 is 8.90 Å². The maximum Gasteiger partial charge on any atom is 0.269 e. The number of aliphatic hydroxyl groups excluding tert-OH is 1. The average molecular weight is 835 g/mol. The van der Waals surface area contributed by atoms with Crippen LogP contribution in [0, 0.1) is 16.0 Å². The van der Waals surface area contributed by atoms with E-state index in [-0.39, 0.29) is 55.7 Å². The standard InChI is InChI=1S/C45H51FN6O7Si/c1-31-41(60(2,3)46)39(27-40(54)48(24-25-53)28-32-10-6-4-7-11-32)59-45(31)37-26-36(52(57)58)18-19-38(37)49(43(45)56)29-33-14-16-34(17-15-33)50-30-51(35-12-8-5-9-13-35)44(42(50)55)20-22-47-23-21-44/h4-19,26,31,39,41,47,53H,20-25,27-30H2,1-3H3/t31-,39+,41-,45+/m0/s1. The Bertz CT molecular complexity index is 2260. The van der Waals surface area contributed by atoms with Crippen molar-refractivity contribution in [2.75, 3.05) is 47.6 Å². The van der Waals surface area contributed by atoms with E-state index in [0.717, 1.165) is 35.6 Å². The van der Waals surface area contributed by atoms with Gasteiger partial charge in [-0.2, -0.15) is 0 Å². The third-order valence-corrected chi connectivity index (χ3v) is 15.5. The van der Waals surface area contributed by atoms with E-state index < -0.39 is 47.9 Å². The lowest BCUT2D eigenvalue weighted by Crippen LogP contribution is -2.55. The molecule has 60 heavy (non-hydrogen) atoms. The van der Waals surface area contributed by atoms with Crippen molar-refractivity contribution in [2.45, 2.75) is 75.2 Å². The molecule has 4 aliphatic heterocycles. The Balaban J connectivity index is 1.09. The molecule has 2 N–H and O–H groups in total. The van der Waals surface area contributed by atoms with Crippen LogP contribution < -0.4 is 20.0 Å². The molecule has 0 aromatic heterocycles. The van der Waals surface area contributed by atoms with Crippen molar-refractivity contribution in [1.29, 1.82) is 0 Å². The highest BCUT2D eigenvalue weighted by molar-refractivity contribution is 6.72. The molecule has 0 unspecified atom stereocenters. The number of aliphatic hydroxyl groups is 1. The van der Waals surface area contributed by atoms with Crippen molar-refractivity contribution in [1.82, 2.24) is 10.2 Å². The maximum atomic E-state index is 16.6. The van der Waals surface area contributed by atoms with Gasteiger partial charge in [0, 0.05) is 53.6 Å². The molecule has 15 heteroatoms. The minimum absolute atomic E-state index is 0.0432. The first-order valence-electron chi connectivity index (χ1n) is 20.6. The number of non-ortho nitro benzene ring substituents is 1. The van der Waals surface area contributed by atoms with Crippen LogP contribution in [0.4, 0.5) is 26.9 Å². The van der Waals surface area contributed by atoms with E-state index in [0.29, 0.717) is 25.2 Å². The molecule has 4 aliphatic rings. The minimum Gasteiger partial charge on any atom is -0.395 e. The van der Waals surface area contributed by atoms with Crippen LogP contribution >= 0.6 is 0 Å². The molecule has 4 aromatic carbocycles. The Hall–Kier alpha value is -5.48. The van der Waals surface area contributed by atoms with Gasteiger partial charge in [-0.3, -0.25) is 29.4 Å². The number of hydrogen-bond donors (Lipinski definition) is 2. The quantitative estimate of drug-likeness (QED) is 0.0731. The van der Waals surface area contributed by atoms with Crippen LogP contribution in [0.3, 0.4) is 0 Å². The molecule has 4 aromatic rings. The van der Waals surface area contributed by atoms with Crippen LogP contribution in [-0.4, -0.2) is 85.6 Å². The molecule has 314 valence electrons. The largest absolute Gasteiger partial charge is 0.395 e. The number of fused-ring (bicyclic) bond motifs is 2. The number of benzene rings is 4. The molecule has 4 heterocycles. The van der Waals surface area contributed by atoms with Gasteiger partial charge in [-0.05, 0) is 80.5 Å². The number of nitrogens with one attached hydrogen (secondary N) is 1. The Kier molecular flexibility index (Phi) is 11.1. The molecular formula is C45H51FN6O7Si. The lowest BCUT2D eigenvalue weighted by atomic mass is 9.82. The predicted octanol–water partition coefficient (Wildman–Crippen LogP) is 6.26. The Morgan fingerprint density at radius 2 is 1.62 bits per heavy atom. The summed E-state index contributed by atoms with van der Waals surface area (Å²) < 4.78 is 23.4. The van der Waals surface area contributed by atoms with Gasteiger partial charge in [-0.1, -0.05) is 67.6 Å². The smallest absolute Gasteiger partial charge is 0.269 e. The lowest BCUT2D eigenvalue weighted by Gasteiger charge is -2.39. The fraction of sp³-hybridized carbons (Fsp3) is 0.400. The number of nitro groups is 1. The molecule has 0 radical (unpaired) electrons. The zero-order chi connectivity index (χ0) is 42.4. The van der Waals surface area contributed by atoms with Crippen molar-refractivity contribution >= 4 is 48.9 Å². The fourth-order valence-electron chi connectivity index (χ4n) is 10.2. The third-order valence-electron chi connectivity index (χ3n) is 13.0. The number of hydrogen-bond acceptors (Lipinski definition) is 9. The first kappa shape index (κ1) is 41.3. The first-order valence-corrected chi connectivity index (χ1v) is 23.6. The van der Waals surface area contributed by atoms with E-state index in [1.165, 1.54) is 35.0 Å². The Labute approximate surface area is 350 Å². The van der Waals surface area contributed by atoms with Crippen molar-refractivity contribution in [3.8, 4) is 0 Å². The molecule has 4 atom stereocenters. The molecule has 0 bridgehead atoms. The number of piperidine rings is 1. The highest BCUT2D eigenvalue weighted by Crippen LogP contribution is 2.61. The van der Waals surface area contributed by atoms with Gasteiger partial charge in [0.2, 0.25) is 14.3 Å². The monoisotopic (exact) mass is 834 g/mol. The number of anilines is 3. The van der Waals surface area contributed by atoms with Crippen LogP contribution in [-0.2, 0) is 37.8 Å². The summed E-state index contributed by atoms with van der Waals surface area (Å²) in [4.78, 5) is 62.0. The molecule has 2 spiro atoms. The molecule has 0 saturated carbocycles. The zero-order valence-electron chi connectivity index (χ0n) is 34.1. The van der Waals surface area contributed by atoms with Crippen molar-refractivity contribution < 1.29 is 33.3 Å². The van der Waals surface area contributed by atoms with E-state index in [2.05, 4.69) is 10.2 Å². The van der Waals surface area contributed by atoms with E-state index in [4.69, 9.17) is 4.74 Å². The average Bonchev–Trinajstić information content (AvgIpc) is 3.78. The molecule has 3 saturated heterocycles. The predicted molar refractivity (Wildman–Crippen MR) is 228 cm³/mol. The highest BCUT2D eigenvalue weighted by atomic mass is 28.4. The number of para-hydroxylation sites is 1. The van der Waals surface area contributed by atoms with Gasteiger partial charge in [0.1, 0.15) is 5.54 Å². The summed E-state index contributed by atoms with van der Waals surface area (Å²) in [5, 5.41) is 25.4. The summed E-state index contributed by atoms with van der Waals surface area (Å²) in [6.07, 6.45) is 0.109. The zero-order valence-corrected chi connectivity index (χ0v) is 35.1. The third kappa shape index (κ3) is 7.16. The summed E-state index contributed by atoms with van der Waals surface area (Å²) in [6, 6.07) is 31.0. The Morgan fingerprint density at radius 3 is 2.25 bits per heavy atom. The summed E-state index contributed by atoms with van der Waals surface area (Å²) >= 11 is 0. The van der Waals surface area contributed by atoms with Gasteiger partial charge in [0.25, 0.3) is 17.5 Å². The number of amides is 3. The fourth-order valence-corrected chi connectivity index (χ4v) is 12.6. The van der Waals surface area contributed by atoms with Crippen LogP contribution in [0.15, 0.2) is 103 Å². The summed E-state index contributed by atoms with van der Waals surface area (Å²) in [5.41, 5.74) is 0.485. The van der Waals surface area contributed by atoms with E-state index in [1.54, 1.807) is 13.0 Å². The second kappa shape index (κ2) is 16.2. The highest BCUT2D eigenvalue weighted by Gasteiger charge is 2.67. The van der Waals surface area contributed by atoms with Gasteiger partial charge < -0.3 is 34.0 Å². The van der Waals surface area contributed by atoms with E-state index in [9.17, 15) is 24.8 Å². The van der Waals surface area contributed by atoms with Crippen LogP contribution in [0.5, 0.6) is 0 Å².